The van der Waals surface area contributed by atoms with Gasteiger partial charge in [-0.25, -0.2) is 13.1 Å². The number of rotatable bonds is 3. The summed E-state index contributed by atoms with van der Waals surface area (Å²) in [5.74, 6) is 0.515. The highest BCUT2D eigenvalue weighted by Crippen LogP contribution is 2.47. The van der Waals surface area contributed by atoms with Gasteiger partial charge in [-0.1, -0.05) is 6.42 Å². The van der Waals surface area contributed by atoms with E-state index < -0.39 is 21.2 Å². The summed E-state index contributed by atoms with van der Waals surface area (Å²) < 4.78 is 32.5. The Kier molecular flexibility index (Phi) is 3.44. The maximum absolute atomic E-state index is 12.4. The molecule has 2 aliphatic carbocycles. The number of halogens is 1. The molecule has 0 radical (unpaired) electrons. The first-order valence-electron chi connectivity index (χ1n) is 6.68. The Morgan fingerprint density at radius 2 is 2.15 bits per heavy atom. The molecule has 110 valence electrons. The van der Waals surface area contributed by atoms with E-state index in [4.69, 9.17) is 4.42 Å². The van der Waals surface area contributed by atoms with Gasteiger partial charge in [0.05, 0.1) is 10.8 Å². The number of aryl methyl sites for hydroxylation is 1. The molecule has 1 amide bonds. The van der Waals surface area contributed by atoms with Crippen LogP contribution in [0.25, 0.3) is 0 Å². The molecular formula is C13H16BrNO4S. The van der Waals surface area contributed by atoms with E-state index in [-0.39, 0.29) is 11.5 Å². The first kappa shape index (κ1) is 14.1. The van der Waals surface area contributed by atoms with E-state index in [1.54, 1.807) is 6.92 Å². The average molecular weight is 362 g/mol. The van der Waals surface area contributed by atoms with Gasteiger partial charge in [0.25, 0.3) is 5.91 Å². The SMILES string of the molecule is Cc1oc(Br)cc1C(=O)NS(=O)(=O)C1C[C@@H]2CC[C@H]1C2. The average Bonchev–Trinajstić information content (AvgIpc) is 3.03. The third-order valence-electron chi connectivity index (χ3n) is 4.44. The maximum Gasteiger partial charge on any atom is 0.268 e. The van der Waals surface area contributed by atoms with E-state index in [2.05, 4.69) is 20.7 Å². The number of hydrogen-bond donors (Lipinski definition) is 1. The Bertz CT molecular complexity index is 651. The first-order chi connectivity index (χ1) is 9.37. The smallest absolute Gasteiger partial charge is 0.268 e. The molecule has 1 heterocycles. The molecule has 2 saturated carbocycles. The van der Waals surface area contributed by atoms with Crippen LogP contribution in [-0.4, -0.2) is 19.6 Å². The Morgan fingerprint density at radius 1 is 1.40 bits per heavy atom. The Morgan fingerprint density at radius 3 is 2.65 bits per heavy atom. The summed E-state index contributed by atoms with van der Waals surface area (Å²) >= 11 is 3.13. The molecule has 7 heteroatoms. The van der Waals surface area contributed by atoms with Crippen LogP contribution in [0.15, 0.2) is 15.2 Å². The number of carbonyl (C=O) groups is 1. The summed E-state index contributed by atoms with van der Waals surface area (Å²) in [6.45, 7) is 1.63. The third kappa shape index (κ3) is 2.41. The number of hydrogen-bond acceptors (Lipinski definition) is 4. The summed E-state index contributed by atoms with van der Waals surface area (Å²) in [5.41, 5.74) is 0.253. The lowest BCUT2D eigenvalue weighted by Crippen LogP contribution is -2.40. The molecule has 0 saturated heterocycles. The van der Waals surface area contributed by atoms with Crippen LogP contribution in [-0.2, 0) is 10.0 Å². The zero-order valence-electron chi connectivity index (χ0n) is 11.1. The van der Waals surface area contributed by atoms with E-state index >= 15 is 0 Å². The Hall–Kier alpha value is -0.820. The molecule has 0 aromatic carbocycles. The number of fused-ring (bicyclic) bond motifs is 2. The second kappa shape index (κ2) is 4.87. The largest absolute Gasteiger partial charge is 0.454 e. The zero-order valence-corrected chi connectivity index (χ0v) is 13.5. The molecule has 5 nitrogen and oxygen atoms in total. The summed E-state index contributed by atoms with van der Waals surface area (Å²) in [4.78, 5) is 12.1. The molecule has 3 rings (SSSR count). The molecule has 20 heavy (non-hydrogen) atoms. The van der Waals surface area contributed by atoms with Crippen molar-refractivity contribution in [2.45, 2.75) is 37.9 Å². The van der Waals surface area contributed by atoms with E-state index in [0.717, 1.165) is 19.3 Å². The minimum atomic E-state index is -3.60. The molecule has 0 aliphatic heterocycles. The number of amides is 1. The summed E-state index contributed by atoms with van der Waals surface area (Å²) in [6.07, 6.45) is 3.75. The van der Waals surface area contributed by atoms with Gasteiger partial charge in [-0.15, -0.1) is 0 Å². The fraction of sp³-hybridized carbons (Fsp3) is 0.615. The Balaban J connectivity index is 1.77. The topological polar surface area (TPSA) is 76.4 Å². The third-order valence-corrected chi connectivity index (χ3v) is 6.67. The molecule has 2 aliphatic rings. The molecule has 3 atom stereocenters. The predicted octanol–water partition coefficient (Wildman–Crippen LogP) is 2.60. The minimum Gasteiger partial charge on any atom is -0.454 e. The van der Waals surface area contributed by atoms with Gasteiger partial charge < -0.3 is 4.42 Å². The van der Waals surface area contributed by atoms with Crippen molar-refractivity contribution in [3.63, 3.8) is 0 Å². The van der Waals surface area contributed by atoms with Crippen LogP contribution in [0.4, 0.5) is 0 Å². The highest BCUT2D eigenvalue weighted by molar-refractivity contribution is 9.10. The molecule has 1 unspecified atom stereocenters. The van der Waals surface area contributed by atoms with E-state index in [0.29, 0.717) is 22.8 Å². The van der Waals surface area contributed by atoms with Crippen molar-refractivity contribution in [2.75, 3.05) is 0 Å². The van der Waals surface area contributed by atoms with Crippen molar-refractivity contribution in [3.8, 4) is 0 Å². The summed E-state index contributed by atoms with van der Waals surface area (Å²) in [5, 5.41) is -0.416. The number of furan rings is 1. The van der Waals surface area contributed by atoms with Gasteiger partial charge in [-0.3, -0.25) is 4.79 Å². The van der Waals surface area contributed by atoms with Crippen LogP contribution in [0.3, 0.4) is 0 Å². The van der Waals surface area contributed by atoms with Crippen molar-refractivity contribution >= 4 is 31.9 Å². The highest BCUT2D eigenvalue weighted by Gasteiger charge is 2.46. The molecular weight excluding hydrogens is 346 g/mol. The summed E-state index contributed by atoms with van der Waals surface area (Å²) in [6, 6.07) is 1.49. The van der Waals surface area contributed by atoms with Crippen molar-refractivity contribution in [1.29, 1.82) is 0 Å². The first-order valence-corrected chi connectivity index (χ1v) is 9.02. The van der Waals surface area contributed by atoms with Crippen LogP contribution in [0.2, 0.25) is 0 Å². The van der Waals surface area contributed by atoms with Gasteiger partial charge in [0.1, 0.15) is 5.76 Å². The second-order valence-corrected chi connectivity index (χ2v) is 8.39. The van der Waals surface area contributed by atoms with E-state index in [1.807, 2.05) is 0 Å². The van der Waals surface area contributed by atoms with Gasteiger partial charge in [0, 0.05) is 6.07 Å². The van der Waals surface area contributed by atoms with Crippen LogP contribution in [0, 0.1) is 18.8 Å². The van der Waals surface area contributed by atoms with Gasteiger partial charge in [-0.05, 0) is 54.0 Å². The van der Waals surface area contributed by atoms with Crippen LogP contribution < -0.4 is 4.72 Å². The van der Waals surface area contributed by atoms with Crippen LogP contribution >= 0.6 is 15.9 Å². The van der Waals surface area contributed by atoms with Crippen molar-refractivity contribution in [1.82, 2.24) is 4.72 Å². The standard InChI is InChI=1S/C13H16BrNO4S/c1-7-10(6-12(14)19-7)13(16)15-20(17,18)11-5-8-2-3-9(11)4-8/h6,8-9,11H,2-5H2,1H3,(H,15,16)/t8-,9+,11?/m1/s1. The lowest BCUT2D eigenvalue weighted by Gasteiger charge is -2.21. The van der Waals surface area contributed by atoms with Gasteiger partial charge in [0.2, 0.25) is 10.0 Å². The minimum absolute atomic E-state index is 0.211. The predicted molar refractivity (Wildman–Crippen MR) is 76.8 cm³/mol. The van der Waals surface area contributed by atoms with Crippen molar-refractivity contribution in [3.05, 3.63) is 22.1 Å². The maximum atomic E-state index is 12.4. The van der Waals surface area contributed by atoms with E-state index in [1.165, 1.54) is 6.07 Å². The Labute approximate surface area is 126 Å². The number of carbonyl (C=O) groups excluding carboxylic acids is 1. The molecule has 2 bridgehead atoms. The van der Waals surface area contributed by atoms with Crippen LogP contribution in [0.1, 0.15) is 41.8 Å². The molecule has 1 N–H and O–H groups in total. The summed E-state index contributed by atoms with van der Waals surface area (Å²) in [7, 11) is -3.60. The molecule has 1 aromatic heterocycles. The number of nitrogens with one attached hydrogen (secondary N) is 1. The van der Waals surface area contributed by atoms with Gasteiger partial charge >= 0.3 is 0 Å². The fourth-order valence-electron chi connectivity index (χ4n) is 3.50. The van der Waals surface area contributed by atoms with Crippen LogP contribution in [0.5, 0.6) is 0 Å². The highest BCUT2D eigenvalue weighted by atomic mass is 79.9. The van der Waals surface area contributed by atoms with Crippen molar-refractivity contribution in [2.24, 2.45) is 11.8 Å². The normalized spacial score (nSPS) is 28.8. The fourth-order valence-corrected chi connectivity index (χ4v) is 5.77. The molecule has 1 aromatic rings. The monoisotopic (exact) mass is 361 g/mol. The lowest BCUT2D eigenvalue weighted by atomic mass is 10.0. The second-order valence-electron chi connectivity index (χ2n) is 5.71. The number of sulfonamides is 1. The lowest BCUT2D eigenvalue weighted by molar-refractivity contribution is 0.0979. The van der Waals surface area contributed by atoms with E-state index in [9.17, 15) is 13.2 Å². The van der Waals surface area contributed by atoms with Crippen molar-refractivity contribution < 1.29 is 17.6 Å². The van der Waals surface area contributed by atoms with Gasteiger partial charge in [-0.2, -0.15) is 0 Å². The van der Waals surface area contributed by atoms with Gasteiger partial charge in [0.15, 0.2) is 4.67 Å². The molecule has 2 fully saturated rings. The zero-order chi connectivity index (χ0) is 14.5. The quantitative estimate of drug-likeness (QED) is 0.897. The molecule has 0 spiro atoms.